The molecule has 0 bridgehead atoms. The summed E-state index contributed by atoms with van der Waals surface area (Å²) in [5.74, 6) is 0.878. The van der Waals surface area contributed by atoms with Crippen LogP contribution in [0.25, 0.3) is 0 Å². The van der Waals surface area contributed by atoms with Crippen molar-refractivity contribution in [2.75, 3.05) is 0 Å². The van der Waals surface area contributed by atoms with E-state index in [1.165, 1.54) is 0 Å². The third-order valence-corrected chi connectivity index (χ3v) is 3.55. The average Bonchev–Trinajstić information content (AvgIpc) is 3.06. The lowest BCUT2D eigenvalue weighted by molar-refractivity contribution is 0.0992. The van der Waals surface area contributed by atoms with Crippen molar-refractivity contribution in [1.82, 2.24) is 9.78 Å². The largest absolute Gasteiger partial charge is 0.487 e. The van der Waals surface area contributed by atoms with Gasteiger partial charge in [-0.15, -0.1) is 0 Å². The second-order valence-electron chi connectivity index (χ2n) is 4.92. The molecule has 0 amide bonds. The van der Waals surface area contributed by atoms with Gasteiger partial charge < -0.3 is 4.74 Å². The van der Waals surface area contributed by atoms with Crippen molar-refractivity contribution in [3.05, 3.63) is 47.3 Å². The summed E-state index contributed by atoms with van der Waals surface area (Å²) in [6.45, 7) is 0.801. The fourth-order valence-corrected chi connectivity index (χ4v) is 2.59. The summed E-state index contributed by atoms with van der Waals surface area (Å²) in [5, 5.41) is 13.2. The number of benzene rings is 1. The van der Waals surface area contributed by atoms with Crippen LogP contribution in [0.3, 0.4) is 0 Å². The molecule has 0 unspecified atom stereocenters. The summed E-state index contributed by atoms with van der Waals surface area (Å²) in [5.41, 5.74) is 2.32. The number of carbonyl (C=O) groups is 1. The summed E-state index contributed by atoms with van der Waals surface area (Å²) in [7, 11) is 0. The van der Waals surface area contributed by atoms with Crippen molar-refractivity contribution in [2.24, 2.45) is 0 Å². The Kier molecular flexibility index (Phi) is 3.69. The molecule has 0 saturated carbocycles. The zero-order valence-corrected chi connectivity index (χ0v) is 11.6. The zero-order chi connectivity index (χ0) is 14.7. The Morgan fingerprint density at radius 3 is 2.86 bits per heavy atom. The lowest BCUT2D eigenvalue weighted by Gasteiger charge is -2.04. The van der Waals surface area contributed by atoms with Crippen LogP contribution in [0, 0.1) is 11.3 Å². The van der Waals surface area contributed by atoms with E-state index in [4.69, 9.17) is 10.00 Å². The maximum Gasteiger partial charge on any atom is 0.167 e. The topological polar surface area (TPSA) is 67.9 Å². The van der Waals surface area contributed by atoms with Gasteiger partial charge in [0, 0.05) is 6.42 Å². The Morgan fingerprint density at radius 2 is 2.10 bits per heavy atom. The van der Waals surface area contributed by atoms with Gasteiger partial charge in [0.15, 0.2) is 5.78 Å². The molecule has 1 aliphatic rings. The Hall–Kier alpha value is -2.61. The van der Waals surface area contributed by atoms with Gasteiger partial charge in [-0.3, -0.25) is 9.48 Å². The Bertz CT molecular complexity index is 698. The monoisotopic (exact) mass is 281 g/mol. The molecule has 5 nitrogen and oxygen atoms in total. The molecule has 1 aromatic carbocycles. The summed E-state index contributed by atoms with van der Waals surface area (Å²) >= 11 is 0. The van der Waals surface area contributed by atoms with Gasteiger partial charge >= 0.3 is 0 Å². The normalized spacial score (nSPS) is 13.0. The van der Waals surface area contributed by atoms with Crippen LogP contribution < -0.4 is 4.74 Å². The first-order valence-electron chi connectivity index (χ1n) is 6.96. The van der Waals surface area contributed by atoms with Gasteiger partial charge in [0.2, 0.25) is 0 Å². The summed E-state index contributed by atoms with van der Waals surface area (Å²) in [6, 6.07) is 11.6. The van der Waals surface area contributed by atoms with E-state index in [0.717, 1.165) is 11.4 Å². The van der Waals surface area contributed by atoms with Crippen LogP contribution >= 0.6 is 0 Å². The summed E-state index contributed by atoms with van der Waals surface area (Å²) in [6.07, 6.45) is 1.62. The minimum Gasteiger partial charge on any atom is -0.487 e. The van der Waals surface area contributed by atoms with E-state index in [1.54, 1.807) is 4.68 Å². The number of carbonyl (C=O) groups excluding carboxylic acids is 1. The highest BCUT2D eigenvalue weighted by Crippen LogP contribution is 2.26. The minimum absolute atomic E-state index is 0.125. The first kappa shape index (κ1) is 13.4. The number of fused-ring (bicyclic) bond motifs is 1. The SMILES string of the molecule is N#CCCn1nc(COc2ccccc2)c2c1CCC2=O. The van der Waals surface area contributed by atoms with Gasteiger partial charge in [0.25, 0.3) is 0 Å². The van der Waals surface area contributed by atoms with Crippen molar-refractivity contribution in [2.45, 2.75) is 32.4 Å². The standard InChI is InChI=1S/C16H15N3O2/c17-9-4-10-19-14-7-8-15(20)16(14)13(18-19)11-21-12-5-2-1-3-6-12/h1-3,5-6H,4,7-8,10-11H2. The number of nitrogens with zero attached hydrogens (tertiary/aromatic N) is 3. The van der Waals surface area contributed by atoms with Gasteiger partial charge in [-0.05, 0) is 18.6 Å². The number of ketones is 1. The molecule has 0 N–H and O–H groups in total. The van der Waals surface area contributed by atoms with E-state index in [2.05, 4.69) is 11.2 Å². The molecule has 1 aromatic heterocycles. The number of rotatable bonds is 5. The molecule has 0 saturated heterocycles. The van der Waals surface area contributed by atoms with Gasteiger partial charge in [-0.25, -0.2) is 0 Å². The van der Waals surface area contributed by atoms with Crippen LogP contribution in [0.2, 0.25) is 0 Å². The molecule has 1 heterocycles. The molecular weight excluding hydrogens is 266 g/mol. The van der Waals surface area contributed by atoms with Crippen LogP contribution in [-0.2, 0) is 19.6 Å². The van der Waals surface area contributed by atoms with Crippen molar-refractivity contribution < 1.29 is 9.53 Å². The van der Waals surface area contributed by atoms with E-state index < -0.39 is 0 Å². The molecule has 106 valence electrons. The number of nitriles is 1. The highest BCUT2D eigenvalue weighted by atomic mass is 16.5. The highest BCUT2D eigenvalue weighted by Gasteiger charge is 2.29. The molecule has 1 aliphatic carbocycles. The van der Waals surface area contributed by atoms with Crippen molar-refractivity contribution >= 4 is 5.78 Å². The lowest BCUT2D eigenvalue weighted by Crippen LogP contribution is -2.06. The van der Waals surface area contributed by atoms with Crippen molar-refractivity contribution in [3.8, 4) is 11.8 Å². The van der Waals surface area contributed by atoms with Gasteiger partial charge in [-0.2, -0.15) is 10.4 Å². The van der Waals surface area contributed by atoms with Crippen molar-refractivity contribution in [1.29, 1.82) is 5.26 Å². The fourth-order valence-electron chi connectivity index (χ4n) is 2.59. The van der Waals surface area contributed by atoms with Gasteiger partial charge in [0.05, 0.1) is 30.3 Å². The Labute approximate surface area is 122 Å². The number of aryl methyl sites for hydroxylation is 1. The lowest BCUT2D eigenvalue weighted by atomic mass is 10.2. The maximum atomic E-state index is 12.0. The molecule has 5 heteroatoms. The van der Waals surface area contributed by atoms with Crippen LogP contribution in [-0.4, -0.2) is 15.6 Å². The van der Waals surface area contributed by atoms with Gasteiger partial charge in [-0.1, -0.05) is 18.2 Å². The molecular formula is C16H15N3O2. The van der Waals surface area contributed by atoms with Crippen LogP contribution in [0.4, 0.5) is 0 Å². The number of para-hydroxylation sites is 1. The molecule has 0 aliphatic heterocycles. The predicted molar refractivity (Wildman–Crippen MR) is 75.9 cm³/mol. The number of aromatic nitrogens is 2. The van der Waals surface area contributed by atoms with Crippen LogP contribution in [0.1, 0.15) is 34.6 Å². The third kappa shape index (κ3) is 2.65. The summed E-state index contributed by atoms with van der Waals surface area (Å²) in [4.78, 5) is 12.0. The molecule has 0 fully saturated rings. The van der Waals surface area contributed by atoms with E-state index >= 15 is 0 Å². The maximum absolute atomic E-state index is 12.0. The quantitative estimate of drug-likeness (QED) is 0.844. The van der Waals surface area contributed by atoms with Crippen LogP contribution in [0.15, 0.2) is 30.3 Å². The van der Waals surface area contributed by atoms with E-state index in [1.807, 2.05) is 30.3 Å². The first-order valence-corrected chi connectivity index (χ1v) is 6.96. The van der Waals surface area contributed by atoms with Gasteiger partial charge in [0.1, 0.15) is 18.1 Å². The molecule has 0 spiro atoms. The molecule has 21 heavy (non-hydrogen) atoms. The number of ether oxygens (including phenoxy) is 1. The third-order valence-electron chi connectivity index (χ3n) is 3.55. The zero-order valence-electron chi connectivity index (χ0n) is 11.6. The Morgan fingerprint density at radius 1 is 1.29 bits per heavy atom. The second kappa shape index (κ2) is 5.80. The second-order valence-corrected chi connectivity index (χ2v) is 4.92. The molecule has 0 atom stereocenters. The molecule has 3 rings (SSSR count). The number of hydrogen-bond donors (Lipinski definition) is 0. The van der Waals surface area contributed by atoms with E-state index in [-0.39, 0.29) is 12.4 Å². The molecule has 0 radical (unpaired) electrons. The molecule has 2 aromatic rings. The highest BCUT2D eigenvalue weighted by molar-refractivity contribution is 6.01. The smallest absolute Gasteiger partial charge is 0.167 e. The van der Waals surface area contributed by atoms with Crippen LogP contribution in [0.5, 0.6) is 5.75 Å². The summed E-state index contributed by atoms with van der Waals surface area (Å²) < 4.78 is 7.48. The number of Topliss-reactive ketones (excluding diaryl/α,β-unsaturated/α-hetero) is 1. The minimum atomic E-state index is 0.125. The first-order chi connectivity index (χ1) is 10.3. The average molecular weight is 281 g/mol. The van der Waals surface area contributed by atoms with E-state index in [9.17, 15) is 4.79 Å². The Balaban J connectivity index is 1.82. The number of hydrogen-bond acceptors (Lipinski definition) is 4. The van der Waals surface area contributed by atoms with E-state index in [0.29, 0.717) is 37.1 Å². The predicted octanol–water partition coefficient (Wildman–Crippen LogP) is 2.50. The fraction of sp³-hybridized carbons (Fsp3) is 0.312. The van der Waals surface area contributed by atoms with Crippen molar-refractivity contribution in [3.63, 3.8) is 0 Å².